The summed E-state index contributed by atoms with van der Waals surface area (Å²) in [6.07, 6.45) is 0. The van der Waals surface area contributed by atoms with Crippen molar-refractivity contribution in [2.45, 2.75) is 6.92 Å². The maximum atomic E-state index is 12.0. The third kappa shape index (κ3) is 3.05. The van der Waals surface area contributed by atoms with Crippen LogP contribution in [0.5, 0.6) is 0 Å². The van der Waals surface area contributed by atoms with Crippen molar-refractivity contribution in [1.29, 1.82) is 0 Å². The van der Waals surface area contributed by atoms with Crippen molar-refractivity contribution in [1.82, 2.24) is 10.2 Å². The number of nitrogens with one attached hydrogen (secondary N) is 2. The molecular weight excluding hydrogens is 262 g/mol. The number of rotatable bonds is 2. The number of hydrogen-bond donors (Lipinski definition) is 3. The van der Waals surface area contributed by atoms with Gasteiger partial charge in [-0.15, -0.1) is 0 Å². The normalized spacial score (nSPS) is 14.7. The fourth-order valence-electron chi connectivity index (χ4n) is 1.95. The van der Waals surface area contributed by atoms with E-state index >= 15 is 0 Å². The Morgan fingerprint density at radius 1 is 1.40 bits per heavy atom. The van der Waals surface area contributed by atoms with E-state index < -0.39 is 12.0 Å². The van der Waals surface area contributed by atoms with Crippen molar-refractivity contribution in [3.05, 3.63) is 29.3 Å². The van der Waals surface area contributed by atoms with Gasteiger partial charge in [-0.3, -0.25) is 4.79 Å². The first-order valence-electron chi connectivity index (χ1n) is 6.14. The molecule has 1 aliphatic rings. The third-order valence-electron chi connectivity index (χ3n) is 2.97. The van der Waals surface area contributed by atoms with Crippen LogP contribution in [0.4, 0.5) is 10.5 Å². The fourth-order valence-corrected chi connectivity index (χ4v) is 1.95. The molecule has 0 saturated carbocycles. The zero-order chi connectivity index (χ0) is 14.7. The quantitative estimate of drug-likeness (QED) is 0.739. The Morgan fingerprint density at radius 2 is 2.15 bits per heavy atom. The van der Waals surface area contributed by atoms with Crippen LogP contribution in [-0.4, -0.2) is 47.5 Å². The highest BCUT2D eigenvalue weighted by Crippen LogP contribution is 2.18. The van der Waals surface area contributed by atoms with E-state index in [2.05, 4.69) is 10.6 Å². The second-order valence-electron chi connectivity index (χ2n) is 4.56. The number of piperazine rings is 1. The van der Waals surface area contributed by atoms with Gasteiger partial charge in [0, 0.05) is 13.1 Å². The van der Waals surface area contributed by atoms with E-state index in [-0.39, 0.29) is 23.7 Å². The van der Waals surface area contributed by atoms with Gasteiger partial charge in [0.25, 0.3) is 0 Å². The lowest BCUT2D eigenvalue weighted by Crippen LogP contribution is -2.51. The molecule has 1 heterocycles. The van der Waals surface area contributed by atoms with Crippen LogP contribution in [0.2, 0.25) is 0 Å². The molecule has 3 N–H and O–H groups in total. The summed E-state index contributed by atoms with van der Waals surface area (Å²) in [6.45, 7) is 2.53. The smallest absolute Gasteiger partial charge is 0.337 e. The summed E-state index contributed by atoms with van der Waals surface area (Å²) in [6, 6.07) is 4.26. The van der Waals surface area contributed by atoms with Gasteiger partial charge in [-0.2, -0.15) is 0 Å². The first-order chi connectivity index (χ1) is 9.47. The number of anilines is 1. The minimum atomic E-state index is -1.11. The van der Waals surface area contributed by atoms with Gasteiger partial charge in [0.15, 0.2) is 0 Å². The van der Waals surface area contributed by atoms with Gasteiger partial charge >= 0.3 is 12.0 Å². The highest BCUT2D eigenvalue weighted by Gasteiger charge is 2.22. The molecule has 1 aromatic rings. The van der Waals surface area contributed by atoms with Crippen LogP contribution in [-0.2, 0) is 4.79 Å². The zero-order valence-corrected chi connectivity index (χ0v) is 11.0. The number of carbonyl (C=O) groups excluding carboxylic acids is 2. The number of nitrogens with zero attached hydrogens (tertiary/aromatic N) is 1. The lowest BCUT2D eigenvalue weighted by atomic mass is 10.1. The fraction of sp³-hybridized carbons (Fsp3) is 0.308. The molecule has 0 bridgehead atoms. The minimum absolute atomic E-state index is 0.0276. The number of carboxylic acid groups (broad SMARTS) is 1. The second kappa shape index (κ2) is 5.60. The predicted molar refractivity (Wildman–Crippen MR) is 71.7 cm³/mol. The lowest BCUT2D eigenvalue weighted by molar-refractivity contribution is -0.123. The van der Waals surface area contributed by atoms with Crippen molar-refractivity contribution >= 4 is 23.6 Å². The van der Waals surface area contributed by atoms with E-state index in [4.69, 9.17) is 5.11 Å². The van der Waals surface area contributed by atoms with Crippen molar-refractivity contribution < 1.29 is 19.5 Å². The molecule has 20 heavy (non-hydrogen) atoms. The standard InChI is InChI=1S/C13H15N3O4/c1-8-2-3-10(9(6-8)12(18)19)15-13(20)16-5-4-14-11(17)7-16/h2-3,6H,4-5,7H2,1H3,(H,14,17)(H,15,20)(H,18,19). The Morgan fingerprint density at radius 3 is 2.80 bits per heavy atom. The number of carboxylic acids is 1. The molecule has 0 aliphatic carbocycles. The molecule has 0 unspecified atom stereocenters. The molecule has 3 amide bonds. The van der Waals surface area contributed by atoms with Crippen LogP contribution in [0.1, 0.15) is 15.9 Å². The molecule has 0 radical (unpaired) electrons. The SMILES string of the molecule is Cc1ccc(NC(=O)N2CCNC(=O)C2)c(C(=O)O)c1. The molecular formula is C13H15N3O4. The van der Waals surface area contributed by atoms with E-state index in [9.17, 15) is 14.4 Å². The summed E-state index contributed by atoms with van der Waals surface area (Å²) in [7, 11) is 0. The summed E-state index contributed by atoms with van der Waals surface area (Å²) in [5, 5.41) is 14.3. The number of aryl methyl sites for hydroxylation is 1. The van der Waals surface area contributed by atoms with Crippen LogP contribution in [0.3, 0.4) is 0 Å². The van der Waals surface area contributed by atoms with Crippen molar-refractivity contribution in [3.63, 3.8) is 0 Å². The number of urea groups is 1. The Bertz CT molecular complexity index is 571. The summed E-state index contributed by atoms with van der Waals surface area (Å²) in [4.78, 5) is 35.7. The molecule has 1 fully saturated rings. The number of aromatic carboxylic acids is 1. The molecule has 106 valence electrons. The number of amides is 3. The van der Waals surface area contributed by atoms with Crippen LogP contribution < -0.4 is 10.6 Å². The first kappa shape index (κ1) is 13.9. The first-order valence-corrected chi connectivity index (χ1v) is 6.14. The number of hydrogen-bond acceptors (Lipinski definition) is 3. The van der Waals surface area contributed by atoms with Gasteiger partial charge < -0.3 is 20.6 Å². The van der Waals surface area contributed by atoms with E-state index in [1.807, 2.05) is 0 Å². The molecule has 7 nitrogen and oxygen atoms in total. The Hall–Kier alpha value is -2.57. The average molecular weight is 277 g/mol. The van der Waals surface area contributed by atoms with E-state index in [1.165, 1.54) is 11.0 Å². The van der Waals surface area contributed by atoms with Gasteiger partial charge in [0.1, 0.15) is 6.54 Å². The van der Waals surface area contributed by atoms with Crippen molar-refractivity contribution in [2.24, 2.45) is 0 Å². The van der Waals surface area contributed by atoms with E-state index in [0.717, 1.165) is 5.56 Å². The molecule has 7 heteroatoms. The molecule has 0 atom stereocenters. The van der Waals surface area contributed by atoms with Crippen LogP contribution in [0.25, 0.3) is 0 Å². The highest BCUT2D eigenvalue weighted by molar-refractivity contribution is 6.01. The van der Waals surface area contributed by atoms with Crippen molar-refractivity contribution in [2.75, 3.05) is 25.0 Å². The highest BCUT2D eigenvalue weighted by atomic mass is 16.4. The number of benzene rings is 1. The molecule has 1 aromatic carbocycles. The Balaban J connectivity index is 2.15. The molecule has 0 aromatic heterocycles. The topological polar surface area (TPSA) is 98.7 Å². The summed E-state index contributed by atoms with van der Waals surface area (Å²) in [5.41, 5.74) is 1.04. The van der Waals surface area contributed by atoms with Crippen LogP contribution in [0, 0.1) is 6.92 Å². The Kier molecular flexibility index (Phi) is 3.88. The maximum absolute atomic E-state index is 12.0. The largest absolute Gasteiger partial charge is 0.478 e. The van der Waals surface area contributed by atoms with Gasteiger partial charge in [-0.25, -0.2) is 9.59 Å². The van der Waals surface area contributed by atoms with E-state index in [1.54, 1.807) is 19.1 Å². The minimum Gasteiger partial charge on any atom is -0.478 e. The summed E-state index contributed by atoms with van der Waals surface area (Å²) in [5.74, 6) is -1.34. The second-order valence-corrected chi connectivity index (χ2v) is 4.56. The van der Waals surface area contributed by atoms with E-state index in [0.29, 0.717) is 13.1 Å². The monoisotopic (exact) mass is 277 g/mol. The predicted octanol–water partition coefficient (Wildman–Crippen LogP) is 0.657. The van der Waals surface area contributed by atoms with Gasteiger partial charge in [-0.05, 0) is 19.1 Å². The maximum Gasteiger partial charge on any atom is 0.337 e. The molecule has 1 aliphatic heterocycles. The van der Waals surface area contributed by atoms with Crippen molar-refractivity contribution in [3.8, 4) is 0 Å². The average Bonchev–Trinajstić information content (AvgIpc) is 2.40. The van der Waals surface area contributed by atoms with Gasteiger partial charge in [0.05, 0.1) is 11.3 Å². The molecule has 0 spiro atoms. The Labute approximate surface area is 115 Å². The van der Waals surface area contributed by atoms with Crippen LogP contribution >= 0.6 is 0 Å². The van der Waals surface area contributed by atoms with Gasteiger partial charge in [-0.1, -0.05) is 11.6 Å². The third-order valence-corrected chi connectivity index (χ3v) is 2.97. The van der Waals surface area contributed by atoms with Crippen LogP contribution in [0.15, 0.2) is 18.2 Å². The lowest BCUT2D eigenvalue weighted by Gasteiger charge is -2.27. The zero-order valence-electron chi connectivity index (χ0n) is 11.0. The summed E-state index contributed by atoms with van der Waals surface area (Å²) >= 11 is 0. The molecule has 1 saturated heterocycles. The number of carbonyl (C=O) groups is 3. The summed E-state index contributed by atoms with van der Waals surface area (Å²) < 4.78 is 0. The molecule has 2 rings (SSSR count). The van der Waals surface area contributed by atoms with Gasteiger partial charge in [0.2, 0.25) is 5.91 Å².